The van der Waals surface area contributed by atoms with E-state index in [1.54, 1.807) is 0 Å². The molecule has 12 heavy (non-hydrogen) atoms. The highest BCUT2D eigenvalue weighted by Crippen LogP contribution is 2.14. The maximum absolute atomic E-state index is 5.88. The van der Waals surface area contributed by atoms with Gasteiger partial charge in [-0.2, -0.15) is 0 Å². The molecule has 1 atom stereocenters. The van der Waals surface area contributed by atoms with E-state index in [0.717, 1.165) is 12.0 Å². The molecule has 0 aromatic heterocycles. The SMILES string of the molecule is CCC(N)c1cccc(CN)c1. The Hall–Kier alpha value is -0.860. The first kappa shape index (κ1) is 9.23. The van der Waals surface area contributed by atoms with Crippen molar-refractivity contribution in [2.45, 2.75) is 25.9 Å². The summed E-state index contributed by atoms with van der Waals surface area (Å²) in [4.78, 5) is 0. The lowest BCUT2D eigenvalue weighted by Gasteiger charge is -2.09. The van der Waals surface area contributed by atoms with Crippen molar-refractivity contribution in [1.82, 2.24) is 0 Å². The lowest BCUT2D eigenvalue weighted by atomic mass is 10.0. The summed E-state index contributed by atoms with van der Waals surface area (Å²) in [6.45, 7) is 2.67. The molecule has 0 spiro atoms. The van der Waals surface area contributed by atoms with Gasteiger partial charge in [-0.25, -0.2) is 0 Å². The van der Waals surface area contributed by atoms with E-state index >= 15 is 0 Å². The molecule has 1 rings (SSSR count). The second kappa shape index (κ2) is 4.24. The molecule has 4 N–H and O–H groups in total. The monoisotopic (exact) mass is 164 g/mol. The summed E-state index contributed by atoms with van der Waals surface area (Å²) in [6, 6.07) is 8.30. The van der Waals surface area contributed by atoms with E-state index in [0.29, 0.717) is 6.54 Å². The summed E-state index contributed by atoms with van der Waals surface area (Å²) >= 11 is 0. The van der Waals surface area contributed by atoms with Crippen LogP contribution < -0.4 is 11.5 Å². The first-order valence-corrected chi connectivity index (χ1v) is 4.32. The molecule has 1 unspecified atom stereocenters. The van der Waals surface area contributed by atoms with Crippen molar-refractivity contribution in [2.24, 2.45) is 11.5 Å². The minimum atomic E-state index is 0.150. The lowest BCUT2D eigenvalue weighted by molar-refractivity contribution is 0.697. The van der Waals surface area contributed by atoms with Gasteiger partial charge in [0.05, 0.1) is 0 Å². The van der Waals surface area contributed by atoms with Gasteiger partial charge in [0.15, 0.2) is 0 Å². The molecule has 0 saturated heterocycles. The van der Waals surface area contributed by atoms with E-state index in [-0.39, 0.29) is 6.04 Å². The molecule has 0 heterocycles. The van der Waals surface area contributed by atoms with Crippen LogP contribution >= 0.6 is 0 Å². The topological polar surface area (TPSA) is 52.0 Å². The van der Waals surface area contributed by atoms with Crippen LogP contribution in [0.1, 0.15) is 30.5 Å². The van der Waals surface area contributed by atoms with Crippen LogP contribution in [0.25, 0.3) is 0 Å². The summed E-state index contributed by atoms with van der Waals surface area (Å²) in [5, 5.41) is 0. The fourth-order valence-corrected chi connectivity index (χ4v) is 1.19. The highest BCUT2D eigenvalue weighted by atomic mass is 14.6. The molecule has 66 valence electrons. The van der Waals surface area contributed by atoms with E-state index in [1.807, 2.05) is 18.2 Å². The highest BCUT2D eigenvalue weighted by Gasteiger charge is 2.02. The average molecular weight is 164 g/mol. The quantitative estimate of drug-likeness (QED) is 0.712. The predicted octanol–water partition coefficient (Wildman–Crippen LogP) is 1.56. The molecule has 0 aliphatic carbocycles. The Balaban J connectivity index is 2.86. The highest BCUT2D eigenvalue weighted by molar-refractivity contribution is 5.25. The molecular formula is C10H16N2. The number of rotatable bonds is 3. The van der Waals surface area contributed by atoms with Gasteiger partial charge in [0.1, 0.15) is 0 Å². The molecule has 1 aromatic rings. The maximum atomic E-state index is 5.88. The number of hydrogen-bond acceptors (Lipinski definition) is 2. The molecule has 2 nitrogen and oxygen atoms in total. The van der Waals surface area contributed by atoms with Gasteiger partial charge in [0.2, 0.25) is 0 Å². The molecule has 0 amide bonds. The van der Waals surface area contributed by atoms with Crippen molar-refractivity contribution < 1.29 is 0 Å². The molecule has 2 heteroatoms. The maximum Gasteiger partial charge on any atom is 0.0292 e. The zero-order valence-corrected chi connectivity index (χ0v) is 7.46. The van der Waals surface area contributed by atoms with E-state index in [1.165, 1.54) is 5.56 Å². The Morgan fingerprint density at radius 1 is 1.42 bits per heavy atom. The summed E-state index contributed by atoms with van der Waals surface area (Å²) in [5.41, 5.74) is 13.7. The van der Waals surface area contributed by atoms with E-state index in [2.05, 4.69) is 13.0 Å². The van der Waals surface area contributed by atoms with Crippen molar-refractivity contribution in [3.8, 4) is 0 Å². The number of hydrogen-bond donors (Lipinski definition) is 2. The molecule has 0 aliphatic rings. The molecule has 0 saturated carbocycles. The Labute approximate surface area is 73.6 Å². The van der Waals surface area contributed by atoms with E-state index in [4.69, 9.17) is 11.5 Å². The molecule has 0 fully saturated rings. The van der Waals surface area contributed by atoms with Crippen molar-refractivity contribution in [1.29, 1.82) is 0 Å². The van der Waals surface area contributed by atoms with Gasteiger partial charge >= 0.3 is 0 Å². The summed E-state index contributed by atoms with van der Waals surface area (Å²) < 4.78 is 0. The van der Waals surface area contributed by atoms with Crippen molar-refractivity contribution >= 4 is 0 Å². The molecular weight excluding hydrogens is 148 g/mol. The third-order valence-corrected chi connectivity index (χ3v) is 2.05. The van der Waals surface area contributed by atoms with Crippen LogP contribution in [0.4, 0.5) is 0 Å². The zero-order chi connectivity index (χ0) is 8.97. The minimum absolute atomic E-state index is 0.150. The average Bonchev–Trinajstić information content (AvgIpc) is 2.17. The second-order valence-electron chi connectivity index (χ2n) is 2.96. The summed E-state index contributed by atoms with van der Waals surface area (Å²) in [7, 11) is 0. The van der Waals surface area contributed by atoms with Crippen molar-refractivity contribution in [3.63, 3.8) is 0 Å². The fourth-order valence-electron chi connectivity index (χ4n) is 1.19. The summed E-state index contributed by atoms with van der Waals surface area (Å²) in [5.74, 6) is 0. The van der Waals surface area contributed by atoms with E-state index in [9.17, 15) is 0 Å². The van der Waals surface area contributed by atoms with Crippen LogP contribution in [0.2, 0.25) is 0 Å². The van der Waals surface area contributed by atoms with Crippen LogP contribution in [0, 0.1) is 0 Å². The van der Waals surface area contributed by atoms with Crippen LogP contribution in [-0.2, 0) is 6.54 Å². The fraction of sp³-hybridized carbons (Fsp3) is 0.400. The Bertz CT molecular complexity index is 245. The lowest BCUT2D eigenvalue weighted by Crippen LogP contribution is -2.09. The van der Waals surface area contributed by atoms with Gasteiger partial charge in [-0.3, -0.25) is 0 Å². The third kappa shape index (κ3) is 2.06. The van der Waals surface area contributed by atoms with Gasteiger partial charge in [-0.05, 0) is 17.5 Å². The van der Waals surface area contributed by atoms with Gasteiger partial charge in [-0.15, -0.1) is 0 Å². The molecule has 0 radical (unpaired) electrons. The van der Waals surface area contributed by atoms with Crippen molar-refractivity contribution in [2.75, 3.05) is 0 Å². The van der Waals surface area contributed by atoms with Gasteiger partial charge in [0.25, 0.3) is 0 Å². The molecule has 1 aromatic carbocycles. The standard InChI is InChI=1S/C10H16N2/c1-2-10(12)9-5-3-4-8(6-9)7-11/h3-6,10H,2,7,11-12H2,1H3. The van der Waals surface area contributed by atoms with E-state index < -0.39 is 0 Å². The summed E-state index contributed by atoms with van der Waals surface area (Å²) in [6.07, 6.45) is 0.966. The Kier molecular flexibility index (Phi) is 3.26. The number of benzene rings is 1. The normalized spacial score (nSPS) is 12.9. The van der Waals surface area contributed by atoms with Gasteiger partial charge in [0, 0.05) is 12.6 Å². The second-order valence-corrected chi connectivity index (χ2v) is 2.96. The third-order valence-electron chi connectivity index (χ3n) is 2.05. The zero-order valence-electron chi connectivity index (χ0n) is 7.46. The van der Waals surface area contributed by atoms with Gasteiger partial charge in [-0.1, -0.05) is 31.2 Å². The smallest absolute Gasteiger partial charge is 0.0292 e. The molecule has 0 bridgehead atoms. The largest absolute Gasteiger partial charge is 0.326 e. The van der Waals surface area contributed by atoms with Crippen molar-refractivity contribution in [3.05, 3.63) is 35.4 Å². The van der Waals surface area contributed by atoms with Crippen LogP contribution in [-0.4, -0.2) is 0 Å². The number of nitrogens with two attached hydrogens (primary N) is 2. The molecule has 0 aliphatic heterocycles. The minimum Gasteiger partial charge on any atom is -0.326 e. The van der Waals surface area contributed by atoms with Crippen LogP contribution in [0.3, 0.4) is 0 Å². The Morgan fingerprint density at radius 2 is 2.17 bits per heavy atom. The first-order valence-electron chi connectivity index (χ1n) is 4.32. The predicted molar refractivity (Wildman–Crippen MR) is 51.6 cm³/mol. The van der Waals surface area contributed by atoms with Crippen LogP contribution in [0.15, 0.2) is 24.3 Å². The Morgan fingerprint density at radius 3 is 2.75 bits per heavy atom. The first-order chi connectivity index (χ1) is 5.77. The van der Waals surface area contributed by atoms with Gasteiger partial charge < -0.3 is 11.5 Å². The van der Waals surface area contributed by atoms with Crippen LogP contribution in [0.5, 0.6) is 0 Å².